The zero-order chi connectivity index (χ0) is 11.4. The van der Waals surface area contributed by atoms with E-state index < -0.39 is 0 Å². The van der Waals surface area contributed by atoms with E-state index in [1.54, 1.807) is 31.6 Å². The summed E-state index contributed by atoms with van der Waals surface area (Å²) in [5.74, 6) is 1.06. The normalized spacial score (nSPS) is 9.81. The van der Waals surface area contributed by atoms with E-state index in [1.807, 2.05) is 12.1 Å². The minimum absolute atomic E-state index is 0.478. The highest BCUT2D eigenvalue weighted by molar-refractivity contribution is 5.61. The molecule has 2 heterocycles. The molecule has 82 valence electrons. The third kappa shape index (κ3) is 2.38. The van der Waals surface area contributed by atoms with E-state index in [-0.39, 0.29) is 0 Å². The van der Waals surface area contributed by atoms with Crippen molar-refractivity contribution in [3.05, 3.63) is 36.7 Å². The fourth-order valence-electron chi connectivity index (χ4n) is 1.27. The van der Waals surface area contributed by atoms with Crippen molar-refractivity contribution in [2.45, 2.75) is 0 Å². The number of ether oxygens (including phenoxy) is 1. The van der Waals surface area contributed by atoms with Crippen LogP contribution in [0.2, 0.25) is 0 Å². The fourth-order valence-corrected chi connectivity index (χ4v) is 1.27. The Hall–Kier alpha value is -2.30. The van der Waals surface area contributed by atoms with Gasteiger partial charge in [0.2, 0.25) is 5.88 Å². The van der Waals surface area contributed by atoms with Crippen LogP contribution in [0.3, 0.4) is 0 Å². The summed E-state index contributed by atoms with van der Waals surface area (Å²) in [5.41, 5.74) is 7.31. The van der Waals surface area contributed by atoms with Gasteiger partial charge in [-0.1, -0.05) is 0 Å². The molecule has 0 aromatic carbocycles. The van der Waals surface area contributed by atoms with Gasteiger partial charge in [0, 0.05) is 24.0 Å². The molecule has 16 heavy (non-hydrogen) atoms. The molecule has 0 amide bonds. The summed E-state index contributed by atoms with van der Waals surface area (Å²) >= 11 is 0. The Kier molecular flexibility index (Phi) is 2.86. The van der Waals surface area contributed by atoms with Crippen molar-refractivity contribution in [3.8, 4) is 5.88 Å². The number of nitrogens with two attached hydrogens (primary N) is 1. The highest BCUT2D eigenvalue weighted by atomic mass is 16.5. The van der Waals surface area contributed by atoms with Gasteiger partial charge in [0.05, 0.1) is 19.0 Å². The first kappa shape index (κ1) is 10.2. The Morgan fingerprint density at radius 3 is 2.69 bits per heavy atom. The first-order valence-corrected chi connectivity index (χ1v) is 4.76. The van der Waals surface area contributed by atoms with Crippen molar-refractivity contribution < 1.29 is 4.74 Å². The van der Waals surface area contributed by atoms with E-state index in [0.29, 0.717) is 11.7 Å². The average Bonchev–Trinajstić information content (AvgIpc) is 2.30. The number of rotatable bonds is 3. The molecule has 0 fully saturated rings. The molecule has 0 saturated heterocycles. The zero-order valence-electron chi connectivity index (χ0n) is 8.84. The molecule has 5 nitrogen and oxygen atoms in total. The van der Waals surface area contributed by atoms with Crippen LogP contribution in [0.15, 0.2) is 36.7 Å². The van der Waals surface area contributed by atoms with Gasteiger partial charge < -0.3 is 15.8 Å². The number of nitrogen functional groups attached to an aromatic ring is 1. The molecule has 2 aromatic rings. The molecule has 0 unspecified atom stereocenters. The zero-order valence-corrected chi connectivity index (χ0v) is 8.84. The van der Waals surface area contributed by atoms with Crippen LogP contribution in [0.4, 0.5) is 17.2 Å². The molecule has 0 bridgehead atoms. The van der Waals surface area contributed by atoms with Crippen LogP contribution >= 0.6 is 0 Å². The van der Waals surface area contributed by atoms with Gasteiger partial charge in [-0.25, -0.2) is 9.97 Å². The molecular weight excluding hydrogens is 204 g/mol. The fraction of sp³-hybridized carbons (Fsp3) is 0.0909. The number of hydrogen-bond donors (Lipinski definition) is 2. The minimum Gasteiger partial charge on any atom is -0.481 e. The lowest BCUT2D eigenvalue weighted by atomic mass is 10.3. The largest absolute Gasteiger partial charge is 0.481 e. The number of anilines is 3. The van der Waals surface area contributed by atoms with Crippen LogP contribution < -0.4 is 15.8 Å². The van der Waals surface area contributed by atoms with E-state index in [4.69, 9.17) is 10.5 Å². The van der Waals surface area contributed by atoms with Gasteiger partial charge in [0.25, 0.3) is 0 Å². The first-order chi connectivity index (χ1) is 7.78. The monoisotopic (exact) mass is 216 g/mol. The predicted octanol–water partition coefficient (Wildman–Crippen LogP) is 1.81. The molecule has 0 saturated carbocycles. The molecule has 0 aliphatic rings. The van der Waals surface area contributed by atoms with E-state index in [2.05, 4.69) is 15.3 Å². The molecule has 3 N–H and O–H groups in total. The van der Waals surface area contributed by atoms with Crippen LogP contribution in [0, 0.1) is 0 Å². The van der Waals surface area contributed by atoms with Crippen LogP contribution in [0.25, 0.3) is 0 Å². The number of pyridine rings is 2. The predicted molar refractivity (Wildman–Crippen MR) is 62.7 cm³/mol. The van der Waals surface area contributed by atoms with Crippen LogP contribution in [-0.4, -0.2) is 17.1 Å². The van der Waals surface area contributed by atoms with Crippen molar-refractivity contribution in [1.29, 1.82) is 0 Å². The molecule has 0 aliphatic heterocycles. The van der Waals surface area contributed by atoms with Gasteiger partial charge in [-0.05, 0) is 12.1 Å². The summed E-state index contributed by atoms with van der Waals surface area (Å²) in [6, 6.07) is 7.25. The second-order valence-electron chi connectivity index (χ2n) is 3.18. The van der Waals surface area contributed by atoms with Gasteiger partial charge in [0.1, 0.15) is 5.82 Å². The first-order valence-electron chi connectivity index (χ1n) is 4.76. The maximum Gasteiger partial charge on any atom is 0.213 e. The molecule has 0 atom stereocenters. The number of hydrogen-bond acceptors (Lipinski definition) is 5. The molecule has 0 aliphatic carbocycles. The van der Waals surface area contributed by atoms with E-state index in [1.165, 1.54) is 0 Å². The number of aromatic nitrogens is 2. The molecule has 2 rings (SSSR count). The van der Waals surface area contributed by atoms with Crippen LogP contribution in [-0.2, 0) is 0 Å². The van der Waals surface area contributed by atoms with Gasteiger partial charge >= 0.3 is 0 Å². The topological polar surface area (TPSA) is 73.1 Å². The van der Waals surface area contributed by atoms with Gasteiger partial charge in [-0.15, -0.1) is 0 Å². The molecule has 5 heteroatoms. The van der Waals surface area contributed by atoms with Crippen molar-refractivity contribution in [2.75, 3.05) is 18.2 Å². The lowest BCUT2D eigenvalue weighted by molar-refractivity contribution is 0.398. The van der Waals surface area contributed by atoms with E-state index in [9.17, 15) is 0 Å². The highest BCUT2D eigenvalue weighted by Crippen LogP contribution is 2.18. The smallest absolute Gasteiger partial charge is 0.213 e. The summed E-state index contributed by atoms with van der Waals surface area (Å²) in [4.78, 5) is 8.00. The summed E-state index contributed by atoms with van der Waals surface area (Å²) in [6.07, 6.45) is 3.34. The maximum atomic E-state index is 5.57. The van der Waals surface area contributed by atoms with Gasteiger partial charge in [-0.3, -0.25) is 0 Å². The van der Waals surface area contributed by atoms with Crippen molar-refractivity contribution in [3.63, 3.8) is 0 Å². The molecule has 0 spiro atoms. The number of methoxy groups -OCH3 is 1. The Balaban J connectivity index is 2.14. The number of nitrogens with zero attached hydrogens (tertiary/aromatic N) is 2. The van der Waals surface area contributed by atoms with E-state index in [0.717, 1.165) is 11.4 Å². The van der Waals surface area contributed by atoms with Gasteiger partial charge in [-0.2, -0.15) is 0 Å². The number of nitrogens with one attached hydrogen (secondary N) is 1. The lowest BCUT2D eigenvalue weighted by Gasteiger charge is -2.06. The quantitative estimate of drug-likeness (QED) is 0.818. The third-order valence-corrected chi connectivity index (χ3v) is 2.02. The Morgan fingerprint density at radius 2 is 2.06 bits per heavy atom. The van der Waals surface area contributed by atoms with Crippen molar-refractivity contribution in [1.82, 2.24) is 9.97 Å². The Bertz CT molecular complexity index is 470. The summed E-state index contributed by atoms with van der Waals surface area (Å²) in [5, 5.41) is 3.16. The minimum atomic E-state index is 0.478. The molecular formula is C11H12N4O. The highest BCUT2D eigenvalue weighted by Gasteiger charge is 1.97. The SMILES string of the molecule is COc1ccc(Nc2ccnc(N)c2)cn1. The van der Waals surface area contributed by atoms with Crippen LogP contribution in [0.5, 0.6) is 5.88 Å². The second-order valence-corrected chi connectivity index (χ2v) is 3.18. The second kappa shape index (κ2) is 4.48. The van der Waals surface area contributed by atoms with Crippen molar-refractivity contribution >= 4 is 17.2 Å². The molecule has 0 radical (unpaired) electrons. The Labute approximate surface area is 93.3 Å². The van der Waals surface area contributed by atoms with E-state index >= 15 is 0 Å². The summed E-state index contributed by atoms with van der Waals surface area (Å²) < 4.78 is 4.97. The standard InChI is InChI=1S/C11H12N4O/c1-16-11-3-2-9(7-14-11)15-8-4-5-13-10(12)6-8/h2-7H,1H3,(H3,12,13,15). The van der Waals surface area contributed by atoms with Crippen LogP contribution in [0.1, 0.15) is 0 Å². The summed E-state index contributed by atoms with van der Waals surface area (Å²) in [6.45, 7) is 0. The average molecular weight is 216 g/mol. The maximum absolute atomic E-state index is 5.57. The van der Waals surface area contributed by atoms with Crippen molar-refractivity contribution in [2.24, 2.45) is 0 Å². The summed E-state index contributed by atoms with van der Waals surface area (Å²) in [7, 11) is 1.58. The molecule has 2 aromatic heterocycles. The van der Waals surface area contributed by atoms with Gasteiger partial charge in [0.15, 0.2) is 0 Å². The lowest BCUT2D eigenvalue weighted by Crippen LogP contribution is -1.95. The third-order valence-electron chi connectivity index (χ3n) is 2.02. The Morgan fingerprint density at radius 1 is 1.19 bits per heavy atom.